The van der Waals surface area contributed by atoms with Crippen LogP contribution in [0.15, 0.2) is 0 Å². The van der Waals surface area contributed by atoms with Gasteiger partial charge in [0.1, 0.15) is 0 Å². The minimum atomic E-state index is -3.75. The fraction of sp³-hybridized carbons (Fsp3) is 1.00. The van der Waals surface area contributed by atoms with Gasteiger partial charge in [-0.2, -0.15) is 8.42 Å². The van der Waals surface area contributed by atoms with Crippen LogP contribution in [-0.4, -0.2) is 42.2 Å². The molecule has 0 saturated heterocycles. The summed E-state index contributed by atoms with van der Waals surface area (Å²) in [7, 11) is -4.35. The minimum absolute atomic E-state index is 0.0966. The third-order valence-corrected chi connectivity index (χ3v) is 7.30. The molecule has 0 rings (SSSR count). The molecule has 0 amide bonds. The van der Waals surface area contributed by atoms with Crippen molar-refractivity contribution in [3.8, 4) is 0 Å². The first-order chi connectivity index (χ1) is 6.15. The number of hydrogen-bond acceptors (Lipinski definition) is 2. The van der Waals surface area contributed by atoms with Gasteiger partial charge in [0.25, 0.3) is 10.1 Å². The second-order valence-electron chi connectivity index (χ2n) is 4.37. The van der Waals surface area contributed by atoms with Gasteiger partial charge in [0, 0.05) is 0 Å². The van der Waals surface area contributed by atoms with E-state index in [9.17, 15) is 8.42 Å². The van der Waals surface area contributed by atoms with Gasteiger partial charge in [0.2, 0.25) is 0 Å². The van der Waals surface area contributed by atoms with Crippen LogP contribution in [0.4, 0.5) is 0 Å². The van der Waals surface area contributed by atoms with Crippen LogP contribution in [0.5, 0.6) is 0 Å². The maximum atomic E-state index is 10.5. The van der Waals surface area contributed by atoms with Crippen LogP contribution in [0.3, 0.4) is 0 Å². The maximum absolute atomic E-state index is 10.5. The first kappa shape index (κ1) is 14.3. The van der Waals surface area contributed by atoms with Crippen molar-refractivity contribution in [2.45, 2.75) is 31.9 Å². The molecule has 0 spiro atoms. The summed E-state index contributed by atoms with van der Waals surface area (Å²) >= 11 is 0. The van der Waals surface area contributed by atoms with Crippen LogP contribution in [0.1, 0.15) is 26.7 Å². The highest BCUT2D eigenvalue weighted by molar-refractivity contribution is 8.33. The summed E-state index contributed by atoms with van der Waals surface area (Å²) in [5.41, 5.74) is 0. The molecule has 0 aliphatic rings. The molecule has 0 radical (unpaired) electrons. The van der Waals surface area contributed by atoms with Crippen molar-refractivity contribution in [2.24, 2.45) is 0 Å². The van der Waals surface area contributed by atoms with Gasteiger partial charge < -0.3 is 0 Å². The molecule has 0 heterocycles. The number of hydrogen-bond donors (Lipinski definition) is 1. The quantitative estimate of drug-likeness (QED) is 0.573. The summed E-state index contributed by atoms with van der Waals surface area (Å²) in [4.78, 5) is 0. The molecule has 0 aromatic rings. The Labute approximate surface area is 89.3 Å². The Kier molecular flexibility index (Phi) is 5.47. The zero-order valence-electron chi connectivity index (χ0n) is 9.49. The monoisotopic (exact) mass is 242 g/mol. The zero-order valence-corrected chi connectivity index (χ0v) is 11.1. The van der Waals surface area contributed by atoms with E-state index in [-0.39, 0.29) is 5.75 Å². The Morgan fingerprint density at radius 3 is 1.86 bits per heavy atom. The first-order valence-corrected chi connectivity index (χ1v) is 9.09. The van der Waals surface area contributed by atoms with Crippen molar-refractivity contribution in [1.29, 1.82) is 0 Å². The average Bonchev–Trinajstić information content (AvgIpc) is 1.96. The lowest BCUT2D eigenvalue weighted by Gasteiger charge is -2.35. The van der Waals surface area contributed by atoms with Gasteiger partial charge in [-0.25, -0.2) is 10.0 Å². The number of unbranched alkanes of at least 4 members (excludes halogenated alkanes) is 1. The molecular weight excluding hydrogens is 220 g/mol. The minimum Gasteiger partial charge on any atom is -0.286 e. The first-order valence-electron chi connectivity index (χ1n) is 4.80. The fourth-order valence-corrected chi connectivity index (χ4v) is 2.98. The van der Waals surface area contributed by atoms with E-state index in [0.717, 1.165) is 12.2 Å². The molecule has 88 valence electrons. The van der Waals surface area contributed by atoms with E-state index >= 15 is 0 Å². The summed E-state index contributed by atoms with van der Waals surface area (Å²) in [6.45, 7) is 4.41. The van der Waals surface area contributed by atoms with Crippen molar-refractivity contribution in [3.05, 3.63) is 0 Å². The van der Waals surface area contributed by atoms with Crippen LogP contribution >= 0.6 is 10.0 Å². The third kappa shape index (κ3) is 6.68. The van der Waals surface area contributed by atoms with Crippen molar-refractivity contribution < 1.29 is 13.0 Å². The zero-order chi connectivity index (χ0) is 11.4. The largest absolute Gasteiger partial charge is 0.286 e. The summed E-state index contributed by atoms with van der Waals surface area (Å²) in [5, 5.41) is 0.674. The van der Waals surface area contributed by atoms with Gasteiger partial charge in [-0.15, -0.1) is 0 Å². The van der Waals surface area contributed by atoms with E-state index in [1.807, 2.05) is 0 Å². The molecule has 14 heavy (non-hydrogen) atoms. The Hall–Kier alpha value is 0.260. The molecule has 0 atom stereocenters. The lowest BCUT2D eigenvalue weighted by Crippen LogP contribution is -2.13. The number of rotatable bonds is 6. The van der Waals surface area contributed by atoms with E-state index in [4.69, 9.17) is 4.55 Å². The van der Waals surface area contributed by atoms with E-state index < -0.39 is 20.1 Å². The van der Waals surface area contributed by atoms with Gasteiger partial charge in [0.15, 0.2) is 0 Å². The maximum Gasteiger partial charge on any atom is 0.264 e. The molecule has 0 saturated carbocycles. The molecule has 5 heteroatoms. The summed E-state index contributed by atoms with van der Waals surface area (Å²) in [5.74, 6) is 0.987. The lowest BCUT2D eigenvalue weighted by molar-refractivity contribution is 0.481. The van der Waals surface area contributed by atoms with Gasteiger partial charge >= 0.3 is 0 Å². The van der Waals surface area contributed by atoms with Crippen molar-refractivity contribution >= 4 is 20.1 Å². The Bertz CT molecular complexity index is 255. The Balaban J connectivity index is 3.76. The highest BCUT2D eigenvalue weighted by Crippen LogP contribution is 2.45. The Morgan fingerprint density at radius 1 is 1.07 bits per heavy atom. The topological polar surface area (TPSA) is 54.4 Å². The van der Waals surface area contributed by atoms with Crippen LogP contribution in [0.25, 0.3) is 0 Å². The van der Waals surface area contributed by atoms with E-state index in [1.54, 1.807) is 0 Å². The average molecular weight is 242 g/mol. The third-order valence-electron chi connectivity index (χ3n) is 2.60. The second kappa shape index (κ2) is 5.37. The predicted molar refractivity (Wildman–Crippen MR) is 65.1 cm³/mol. The van der Waals surface area contributed by atoms with Crippen LogP contribution in [0.2, 0.25) is 0 Å². The van der Waals surface area contributed by atoms with Crippen LogP contribution in [-0.2, 0) is 10.1 Å². The molecule has 1 N–H and O–H groups in total. The predicted octanol–water partition coefficient (Wildman–Crippen LogP) is 2.13. The van der Waals surface area contributed by atoms with Gasteiger partial charge in [-0.05, 0) is 36.4 Å². The molecule has 0 aromatic carbocycles. The highest BCUT2D eigenvalue weighted by atomic mass is 32.3. The molecule has 0 aliphatic heterocycles. The molecular formula is C9H22O3S2. The van der Waals surface area contributed by atoms with Crippen LogP contribution in [0, 0.1) is 0 Å². The normalized spacial score (nSPS) is 14.7. The molecule has 0 aromatic heterocycles. The van der Waals surface area contributed by atoms with E-state index in [2.05, 4.69) is 26.4 Å². The standard InChI is InChI=1S/C9H22O3S2/c1-9(2)13(3,4)7-5-6-8-14(10,11)12/h9H,5-8H2,1-4H3,(H,10,11,12). The van der Waals surface area contributed by atoms with Gasteiger partial charge in [0.05, 0.1) is 5.75 Å². The summed E-state index contributed by atoms with van der Waals surface area (Å²) in [6, 6.07) is 0. The van der Waals surface area contributed by atoms with E-state index in [0.29, 0.717) is 11.7 Å². The van der Waals surface area contributed by atoms with Crippen molar-refractivity contribution in [3.63, 3.8) is 0 Å². The van der Waals surface area contributed by atoms with Gasteiger partial charge in [-0.3, -0.25) is 4.55 Å². The fourth-order valence-electron chi connectivity index (χ4n) is 0.994. The van der Waals surface area contributed by atoms with Gasteiger partial charge in [-0.1, -0.05) is 13.8 Å². The Morgan fingerprint density at radius 2 is 1.50 bits per heavy atom. The molecule has 0 bridgehead atoms. The SMILES string of the molecule is CC(C)S(C)(C)CCCCS(=O)(=O)O. The molecule has 0 unspecified atom stereocenters. The molecule has 0 fully saturated rings. The molecule has 0 aliphatic carbocycles. The lowest BCUT2D eigenvalue weighted by atomic mass is 10.4. The van der Waals surface area contributed by atoms with E-state index in [1.165, 1.54) is 0 Å². The molecule has 3 nitrogen and oxygen atoms in total. The van der Waals surface area contributed by atoms with Crippen molar-refractivity contribution in [1.82, 2.24) is 0 Å². The smallest absolute Gasteiger partial charge is 0.264 e. The highest BCUT2D eigenvalue weighted by Gasteiger charge is 2.16. The summed E-state index contributed by atoms with van der Waals surface area (Å²) < 4.78 is 29.4. The van der Waals surface area contributed by atoms with Crippen molar-refractivity contribution in [2.75, 3.05) is 24.0 Å². The summed E-state index contributed by atoms with van der Waals surface area (Å²) in [6.07, 6.45) is 6.00. The second-order valence-corrected chi connectivity index (χ2v) is 10.5. The van der Waals surface area contributed by atoms with Crippen LogP contribution < -0.4 is 0 Å².